The van der Waals surface area contributed by atoms with Gasteiger partial charge < -0.3 is 5.32 Å². The van der Waals surface area contributed by atoms with E-state index in [-0.39, 0.29) is 23.8 Å². The van der Waals surface area contributed by atoms with E-state index in [0.29, 0.717) is 39.1 Å². The number of halogens is 2. The van der Waals surface area contributed by atoms with Gasteiger partial charge in [0.05, 0.1) is 28.2 Å². The van der Waals surface area contributed by atoms with Crippen molar-refractivity contribution in [1.82, 2.24) is 4.90 Å². The predicted molar refractivity (Wildman–Crippen MR) is 122 cm³/mol. The van der Waals surface area contributed by atoms with Crippen molar-refractivity contribution in [3.05, 3.63) is 57.1 Å². The fraction of sp³-hybridized carbons (Fsp3) is 0.375. The first-order valence-electron chi connectivity index (χ1n) is 10.8. The van der Waals surface area contributed by atoms with Crippen molar-refractivity contribution >= 4 is 52.3 Å². The highest BCUT2D eigenvalue weighted by molar-refractivity contribution is 6.35. The van der Waals surface area contributed by atoms with Crippen molar-refractivity contribution < 1.29 is 14.4 Å². The van der Waals surface area contributed by atoms with Crippen molar-refractivity contribution in [3.8, 4) is 0 Å². The lowest BCUT2D eigenvalue weighted by Crippen LogP contribution is -2.54. The third-order valence-corrected chi connectivity index (χ3v) is 8.39. The van der Waals surface area contributed by atoms with Gasteiger partial charge in [-0.3, -0.25) is 19.3 Å². The van der Waals surface area contributed by atoms with Crippen LogP contribution in [0.3, 0.4) is 0 Å². The summed E-state index contributed by atoms with van der Waals surface area (Å²) in [5.41, 5.74) is 2.09. The Morgan fingerprint density at radius 2 is 1.84 bits per heavy atom. The summed E-state index contributed by atoms with van der Waals surface area (Å²) in [4.78, 5) is 44.8. The fourth-order valence-electron chi connectivity index (χ4n) is 6.47. The van der Waals surface area contributed by atoms with Crippen LogP contribution in [-0.2, 0) is 19.9 Å². The number of amides is 3. The van der Waals surface area contributed by atoms with E-state index in [9.17, 15) is 14.4 Å². The number of anilines is 2. The number of carbonyl (C=O) groups is 3. The number of aryl methyl sites for hydroxylation is 1. The number of benzene rings is 2. The summed E-state index contributed by atoms with van der Waals surface area (Å²) < 4.78 is 0. The molecule has 6 nitrogen and oxygen atoms in total. The Hall–Kier alpha value is -2.41. The van der Waals surface area contributed by atoms with Gasteiger partial charge in [0.15, 0.2) is 0 Å². The third kappa shape index (κ3) is 2.23. The standard InChI is InChI=1S/C24H21Cl2N3O3/c1-11-9-13-20(15(26)10-11)27-23(32)24(13)19-18(17-7-4-8-28(17)24)21(30)29(22(19)31)16-6-3-5-14(25)12(16)2/h3,5-6,9-10,17-19H,4,7-8H2,1-2H3,(H,27,32)/t17-,18-,19-,24+/m0/s1. The minimum atomic E-state index is -1.23. The van der Waals surface area contributed by atoms with E-state index in [1.807, 2.05) is 13.0 Å². The molecule has 8 heteroatoms. The van der Waals surface area contributed by atoms with Crippen LogP contribution in [0.2, 0.25) is 10.0 Å². The molecule has 0 unspecified atom stereocenters. The first-order chi connectivity index (χ1) is 15.3. The molecule has 0 aliphatic carbocycles. The van der Waals surface area contributed by atoms with Crippen LogP contribution in [0.15, 0.2) is 30.3 Å². The molecule has 4 aliphatic heterocycles. The Kier molecular flexibility index (Phi) is 4.15. The van der Waals surface area contributed by atoms with Crippen molar-refractivity contribution in [1.29, 1.82) is 0 Å². The van der Waals surface area contributed by atoms with Crippen molar-refractivity contribution in [2.45, 2.75) is 38.3 Å². The Bertz CT molecular complexity index is 1250. The number of fused-ring (bicyclic) bond motifs is 7. The maximum atomic E-state index is 14.0. The molecule has 3 amide bonds. The third-order valence-electron chi connectivity index (χ3n) is 7.68. The Morgan fingerprint density at radius 1 is 1.06 bits per heavy atom. The van der Waals surface area contributed by atoms with Gasteiger partial charge in [-0.1, -0.05) is 35.3 Å². The van der Waals surface area contributed by atoms with Crippen LogP contribution in [0, 0.1) is 25.7 Å². The Balaban J connectivity index is 1.59. The lowest BCUT2D eigenvalue weighted by atomic mass is 9.75. The molecule has 4 aliphatic rings. The molecule has 2 aromatic rings. The fourth-order valence-corrected chi connectivity index (χ4v) is 6.96. The molecule has 0 aromatic heterocycles. The van der Waals surface area contributed by atoms with Crippen LogP contribution in [0.1, 0.15) is 29.5 Å². The lowest BCUT2D eigenvalue weighted by Gasteiger charge is -2.37. The maximum absolute atomic E-state index is 14.0. The van der Waals surface area contributed by atoms with E-state index >= 15 is 0 Å². The van der Waals surface area contributed by atoms with Crippen molar-refractivity contribution in [2.75, 3.05) is 16.8 Å². The molecule has 0 bridgehead atoms. The number of nitrogens with one attached hydrogen (secondary N) is 1. The maximum Gasteiger partial charge on any atom is 0.250 e. The molecule has 0 saturated carbocycles. The summed E-state index contributed by atoms with van der Waals surface area (Å²) in [6.45, 7) is 4.37. The number of carbonyl (C=O) groups excluding carboxylic acids is 3. The monoisotopic (exact) mass is 469 g/mol. The number of hydrogen-bond acceptors (Lipinski definition) is 4. The first kappa shape index (κ1) is 20.2. The molecular weight excluding hydrogens is 449 g/mol. The molecule has 0 radical (unpaired) electrons. The SMILES string of the molecule is Cc1cc(Cl)c2c(c1)[C@]1(C(=O)N2)[C@@H]2C(=O)N(c3cccc(Cl)c3C)C(=O)[C@H]2[C@@H]2CCCN21. The Morgan fingerprint density at radius 3 is 2.62 bits per heavy atom. The minimum absolute atomic E-state index is 0.170. The van der Waals surface area contributed by atoms with Crippen molar-refractivity contribution in [3.63, 3.8) is 0 Å². The molecule has 32 heavy (non-hydrogen) atoms. The van der Waals surface area contributed by atoms with Crippen LogP contribution in [0.25, 0.3) is 0 Å². The highest BCUT2D eigenvalue weighted by atomic mass is 35.5. The zero-order chi connectivity index (χ0) is 22.5. The quantitative estimate of drug-likeness (QED) is 0.639. The molecule has 3 saturated heterocycles. The average molecular weight is 470 g/mol. The summed E-state index contributed by atoms with van der Waals surface area (Å²) >= 11 is 12.8. The summed E-state index contributed by atoms with van der Waals surface area (Å²) in [7, 11) is 0. The van der Waals surface area contributed by atoms with Crippen LogP contribution in [-0.4, -0.2) is 35.2 Å². The zero-order valence-corrected chi connectivity index (χ0v) is 19.1. The van der Waals surface area contributed by atoms with Gasteiger partial charge in [0.25, 0.3) is 5.91 Å². The van der Waals surface area contributed by atoms with Crippen LogP contribution >= 0.6 is 23.2 Å². The molecule has 2 aromatic carbocycles. The average Bonchev–Trinajstić information content (AvgIpc) is 3.44. The summed E-state index contributed by atoms with van der Waals surface area (Å²) in [6.07, 6.45) is 1.64. The van der Waals surface area contributed by atoms with Gasteiger partial charge >= 0.3 is 0 Å². The molecule has 6 rings (SSSR count). The van der Waals surface area contributed by atoms with Gasteiger partial charge in [-0.2, -0.15) is 0 Å². The van der Waals surface area contributed by atoms with Crippen molar-refractivity contribution in [2.24, 2.45) is 11.8 Å². The second-order valence-corrected chi connectivity index (χ2v) is 10.0. The molecular formula is C24H21Cl2N3O3. The van der Waals surface area contributed by atoms with Crippen LogP contribution in [0.5, 0.6) is 0 Å². The summed E-state index contributed by atoms with van der Waals surface area (Å²) in [5, 5.41) is 3.88. The molecule has 4 heterocycles. The zero-order valence-electron chi connectivity index (χ0n) is 17.6. The van der Waals surface area contributed by atoms with E-state index in [1.165, 1.54) is 4.90 Å². The smallest absolute Gasteiger partial charge is 0.250 e. The van der Waals surface area contributed by atoms with Gasteiger partial charge in [-0.05, 0) is 62.6 Å². The number of hydrogen-bond donors (Lipinski definition) is 1. The number of rotatable bonds is 1. The van der Waals surface area contributed by atoms with Crippen LogP contribution in [0.4, 0.5) is 11.4 Å². The largest absolute Gasteiger partial charge is 0.323 e. The van der Waals surface area contributed by atoms with Crippen LogP contribution < -0.4 is 10.2 Å². The highest BCUT2D eigenvalue weighted by Crippen LogP contribution is 2.61. The van der Waals surface area contributed by atoms with Gasteiger partial charge in [0.1, 0.15) is 5.54 Å². The van der Waals surface area contributed by atoms with Gasteiger partial charge in [0, 0.05) is 16.6 Å². The molecule has 164 valence electrons. The summed E-state index contributed by atoms with van der Waals surface area (Å²) in [6, 6.07) is 8.77. The van der Waals surface area contributed by atoms with E-state index < -0.39 is 17.4 Å². The minimum Gasteiger partial charge on any atom is -0.323 e. The number of imide groups is 1. The number of nitrogens with zero attached hydrogens (tertiary/aromatic N) is 2. The van der Waals surface area contributed by atoms with E-state index in [4.69, 9.17) is 23.2 Å². The molecule has 1 spiro atoms. The highest BCUT2D eigenvalue weighted by Gasteiger charge is 2.74. The first-order valence-corrected chi connectivity index (χ1v) is 11.6. The normalized spacial score (nSPS) is 30.8. The molecule has 3 fully saturated rings. The topological polar surface area (TPSA) is 69.7 Å². The van der Waals surface area contributed by atoms with Gasteiger partial charge in [-0.25, -0.2) is 4.90 Å². The van der Waals surface area contributed by atoms with E-state index in [1.54, 1.807) is 31.2 Å². The molecule has 4 atom stereocenters. The summed E-state index contributed by atoms with van der Waals surface area (Å²) in [5.74, 6) is -2.26. The Labute approximate surface area is 195 Å². The predicted octanol–water partition coefficient (Wildman–Crippen LogP) is 4.04. The van der Waals surface area contributed by atoms with Gasteiger partial charge in [-0.15, -0.1) is 0 Å². The molecule has 1 N–H and O–H groups in total. The lowest BCUT2D eigenvalue weighted by molar-refractivity contribution is -0.135. The van der Waals surface area contributed by atoms with E-state index in [2.05, 4.69) is 10.2 Å². The second kappa shape index (κ2) is 6.56. The van der Waals surface area contributed by atoms with E-state index in [0.717, 1.165) is 18.4 Å². The second-order valence-electron chi connectivity index (χ2n) is 9.19. The van der Waals surface area contributed by atoms with Gasteiger partial charge in [0.2, 0.25) is 11.8 Å².